The molecule has 5 rings (SSSR count). The van der Waals surface area contributed by atoms with E-state index < -0.39 is 24.0 Å². The maximum absolute atomic E-state index is 13.9. The molecule has 1 N–H and O–H groups in total. The number of aromatic nitrogens is 3. The molecule has 188 valence electrons. The lowest BCUT2D eigenvalue weighted by atomic mass is 9.91. The average molecular weight is 536 g/mol. The van der Waals surface area contributed by atoms with Crippen LogP contribution in [0.3, 0.4) is 0 Å². The number of aliphatic hydroxyl groups is 1. The number of ether oxygens (including phenoxy) is 1. The Hall–Kier alpha value is -2.99. The van der Waals surface area contributed by atoms with E-state index in [-0.39, 0.29) is 36.9 Å². The van der Waals surface area contributed by atoms with E-state index in [9.17, 15) is 18.3 Å². The number of benzene rings is 1. The number of fused-ring (bicyclic) bond motifs is 1. The van der Waals surface area contributed by atoms with Gasteiger partial charge in [-0.3, -0.25) is 4.99 Å². The third-order valence-electron chi connectivity index (χ3n) is 5.94. The third kappa shape index (κ3) is 4.59. The van der Waals surface area contributed by atoms with E-state index in [1.54, 1.807) is 17.7 Å². The van der Waals surface area contributed by atoms with Gasteiger partial charge in [-0.05, 0) is 18.2 Å². The van der Waals surface area contributed by atoms with Gasteiger partial charge in [0, 0.05) is 46.1 Å². The first kappa shape index (κ1) is 24.7. The van der Waals surface area contributed by atoms with Crippen molar-refractivity contribution in [1.29, 1.82) is 0 Å². The van der Waals surface area contributed by atoms with Crippen LogP contribution in [0.2, 0.25) is 5.02 Å². The monoisotopic (exact) mass is 535 g/mol. The Balaban J connectivity index is 1.70. The lowest BCUT2D eigenvalue weighted by Crippen LogP contribution is -2.40. The molecule has 2 aliphatic heterocycles. The van der Waals surface area contributed by atoms with Crippen molar-refractivity contribution in [2.45, 2.75) is 24.6 Å². The van der Waals surface area contributed by atoms with Crippen molar-refractivity contribution in [3.8, 4) is 0 Å². The average Bonchev–Trinajstić information content (AvgIpc) is 3.58. The summed E-state index contributed by atoms with van der Waals surface area (Å²) >= 11 is 7.81. The number of aliphatic imine (C=N–C) groups is 1. The summed E-state index contributed by atoms with van der Waals surface area (Å²) in [6.45, 7) is 1.21. The van der Waals surface area contributed by atoms with Crippen LogP contribution in [0, 0.1) is 5.82 Å². The lowest BCUT2D eigenvalue weighted by Gasteiger charge is -2.32. The molecule has 1 aromatic carbocycles. The van der Waals surface area contributed by atoms with Gasteiger partial charge in [0.15, 0.2) is 10.8 Å². The summed E-state index contributed by atoms with van der Waals surface area (Å²) in [5, 5.41) is 18.1. The van der Waals surface area contributed by atoms with Crippen LogP contribution in [0.25, 0.3) is 5.57 Å². The molecule has 0 saturated carbocycles. The number of rotatable bonds is 8. The zero-order chi connectivity index (χ0) is 25.4. The Morgan fingerprint density at radius 2 is 2.19 bits per heavy atom. The summed E-state index contributed by atoms with van der Waals surface area (Å²) in [6, 6.07) is 4.61. The summed E-state index contributed by atoms with van der Waals surface area (Å²) in [7, 11) is 0. The minimum Gasteiger partial charge on any atom is -0.385 e. The Labute approximate surface area is 213 Å². The molecule has 3 aromatic rings. The molecular weight excluding hydrogens is 515 g/mol. The van der Waals surface area contributed by atoms with E-state index >= 15 is 0 Å². The molecule has 0 bridgehead atoms. The van der Waals surface area contributed by atoms with E-state index in [2.05, 4.69) is 16.7 Å². The molecule has 12 heteroatoms. The molecule has 0 spiro atoms. The van der Waals surface area contributed by atoms with Crippen molar-refractivity contribution in [2.75, 3.05) is 19.8 Å². The van der Waals surface area contributed by atoms with Crippen LogP contribution >= 0.6 is 22.9 Å². The number of nitrogens with zero attached hydrogens (tertiary/aromatic N) is 5. The quantitative estimate of drug-likeness (QED) is 0.322. The highest BCUT2D eigenvalue weighted by Crippen LogP contribution is 2.48. The van der Waals surface area contributed by atoms with Crippen LogP contribution in [0.5, 0.6) is 0 Å². The normalized spacial score (nSPS) is 21.8. The van der Waals surface area contributed by atoms with Crippen molar-refractivity contribution in [3.05, 3.63) is 87.5 Å². The van der Waals surface area contributed by atoms with Crippen molar-refractivity contribution < 1.29 is 23.0 Å². The van der Waals surface area contributed by atoms with Gasteiger partial charge in [-0.15, -0.1) is 17.9 Å². The maximum Gasteiger partial charge on any atom is 0.333 e. The van der Waals surface area contributed by atoms with Gasteiger partial charge in [0.25, 0.3) is 0 Å². The third-order valence-corrected chi connectivity index (χ3v) is 7.03. The predicted molar refractivity (Wildman–Crippen MR) is 130 cm³/mol. The Morgan fingerprint density at radius 3 is 2.86 bits per heavy atom. The SMILES string of the molecule is C=CCOC[C@@]1(O)CC2=C(c3ccn(C(F)F)n3)[C@H](c3ccc(F)cc3Cl)N=C(c3nccs3)N2C1. The number of amidine groups is 1. The molecule has 36 heavy (non-hydrogen) atoms. The smallest absolute Gasteiger partial charge is 0.333 e. The number of hydrogen-bond donors (Lipinski definition) is 1. The minimum atomic E-state index is -2.83. The molecule has 0 radical (unpaired) electrons. The molecule has 2 atom stereocenters. The molecule has 0 aliphatic carbocycles. The number of alkyl halides is 2. The number of thiazole rings is 1. The summed E-state index contributed by atoms with van der Waals surface area (Å²) in [5.41, 5.74) is 0.541. The van der Waals surface area contributed by atoms with Crippen LogP contribution < -0.4 is 0 Å². The van der Waals surface area contributed by atoms with Crippen LogP contribution in [-0.4, -0.2) is 56.0 Å². The highest BCUT2D eigenvalue weighted by atomic mass is 35.5. The van der Waals surface area contributed by atoms with Gasteiger partial charge in [0.05, 0.1) is 25.5 Å². The van der Waals surface area contributed by atoms with Crippen molar-refractivity contribution in [2.24, 2.45) is 4.99 Å². The van der Waals surface area contributed by atoms with Crippen molar-refractivity contribution in [3.63, 3.8) is 0 Å². The summed E-state index contributed by atoms with van der Waals surface area (Å²) in [4.78, 5) is 11.1. The van der Waals surface area contributed by atoms with Gasteiger partial charge in [-0.1, -0.05) is 23.7 Å². The fourth-order valence-corrected chi connectivity index (χ4v) is 5.38. The van der Waals surface area contributed by atoms with Crippen molar-refractivity contribution in [1.82, 2.24) is 19.7 Å². The fourth-order valence-electron chi connectivity index (χ4n) is 4.47. The topological polar surface area (TPSA) is 75.8 Å². The van der Waals surface area contributed by atoms with E-state index in [0.717, 1.165) is 0 Å². The Morgan fingerprint density at radius 1 is 1.36 bits per heavy atom. The molecule has 2 aromatic heterocycles. The van der Waals surface area contributed by atoms with Gasteiger partial charge in [-0.2, -0.15) is 13.9 Å². The Kier molecular flexibility index (Phi) is 6.73. The predicted octanol–water partition coefficient (Wildman–Crippen LogP) is 5.08. The molecule has 4 heterocycles. The van der Waals surface area contributed by atoms with Crippen LogP contribution in [0.1, 0.15) is 35.3 Å². The maximum atomic E-state index is 13.9. The molecule has 1 fully saturated rings. The minimum absolute atomic E-state index is 0.0187. The first-order valence-electron chi connectivity index (χ1n) is 11.0. The summed E-state index contributed by atoms with van der Waals surface area (Å²) in [5.74, 6) is -0.0295. The molecule has 1 saturated heterocycles. The fraction of sp³-hybridized carbons (Fsp3) is 0.292. The van der Waals surface area contributed by atoms with Crippen LogP contribution in [0.4, 0.5) is 13.2 Å². The molecule has 7 nitrogen and oxygen atoms in total. The van der Waals surface area contributed by atoms with Gasteiger partial charge < -0.3 is 14.7 Å². The standard InChI is InChI=1S/C24H21ClF3N5O2S/c1-2-8-35-13-24(34)11-18-19(17-5-7-33(31-17)23(27)28)20(15-4-3-14(26)10-16(15)25)30-21(32(18)12-24)22-29-6-9-36-22/h2-7,9-10,20,23,34H,1,8,11-13H2/t20-,24+/m0/s1. The van der Waals surface area contributed by atoms with Gasteiger partial charge in [0.2, 0.25) is 0 Å². The van der Waals surface area contributed by atoms with Gasteiger partial charge in [-0.25, -0.2) is 14.1 Å². The first-order chi connectivity index (χ1) is 17.3. The van der Waals surface area contributed by atoms with Gasteiger partial charge >= 0.3 is 6.55 Å². The second kappa shape index (κ2) is 9.81. The molecule has 0 unspecified atom stereocenters. The zero-order valence-corrected chi connectivity index (χ0v) is 20.4. The first-order valence-corrected chi connectivity index (χ1v) is 12.2. The summed E-state index contributed by atoms with van der Waals surface area (Å²) in [6.07, 6.45) is 4.54. The second-order valence-electron chi connectivity index (χ2n) is 8.47. The highest BCUT2D eigenvalue weighted by molar-refractivity contribution is 7.11. The lowest BCUT2D eigenvalue weighted by molar-refractivity contribution is -0.0279. The molecule has 2 aliphatic rings. The van der Waals surface area contributed by atoms with E-state index in [1.807, 2.05) is 4.90 Å². The highest BCUT2D eigenvalue weighted by Gasteiger charge is 2.47. The summed E-state index contributed by atoms with van der Waals surface area (Å²) < 4.78 is 46.8. The van der Waals surface area contributed by atoms with E-state index in [4.69, 9.17) is 21.3 Å². The number of hydrogen-bond acceptors (Lipinski definition) is 7. The van der Waals surface area contributed by atoms with E-state index in [1.165, 1.54) is 41.8 Å². The Bertz CT molecular complexity index is 1340. The van der Waals surface area contributed by atoms with Gasteiger partial charge in [0.1, 0.15) is 17.5 Å². The van der Waals surface area contributed by atoms with E-state index in [0.29, 0.717) is 32.4 Å². The number of halogens is 4. The van der Waals surface area contributed by atoms with Crippen LogP contribution in [-0.2, 0) is 4.74 Å². The molecule has 0 amide bonds. The largest absolute Gasteiger partial charge is 0.385 e. The zero-order valence-electron chi connectivity index (χ0n) is 18.8. The van der Waals surface area contributed by atoms with Crippen molar-refractivity contribution >= 4 is 34.3 Å². The molecular formula is C24H21ClF3N5O2S. The van der Waals surface area contributed by atoms with Crippen LogP contribution in [0.15, 0.2) is 65.4 Å². The second-order valence-corrected chi connectivity index (χ2v) is 9.77.